The Bertz CT molecular complexity index is 1200. The largest absolute Gasteiger partial charge is 0.358 e. The molecule has 0 aliphatic carbocycles. The summed E-state index contributed by atoms with van der Waals surface area (Å²) in [7, 11) is 0. The maximum absolute atomic E-state index is 13.8. The van der Waals surface area contributed by atoms with E-state index < -0.39 is 0 Å². The van der Waals surface area contributed by atoms with Gasteiger partial charge in [-0.2, -0.15) is 10.2 Å². The smallest absolute Gasteiger partial charge is 0.172 e. The molecule has 0 aliphatic rings. The summed E-state index contributed by atoms with van der Waals surface area (Å²) in [4.78, 5) is 0. The van der Waals surface area contributed by atoms with Gasteiger partial charge in [-0.1, -0.05) is 36.4 Å². The molecule has 0 radical (unpaired) electrons. The fourth-order valence-corrected chi connectivity index (χ4v) is 3.57. The summed E-state index contributed by atoms with van der Waals surface area (Å²) in [5, 5.41) is 15.8. The lowest BCUT2D eigenvalue weighted by Gasteiger charge is -2.10. The van der Waals surface area contributed by atoms with Gasteiger partial charge >= 0.3 is 0 Å². The lowest BCUT2D eigenvalue weighted by Crippen LogP contribution is -2.28. The molecule has 4 rings (SSSR count). The highest BCUT2D eigenvalue weighted by Crippen LogP contribution is 2.17. The third-order valence-electron chi connectivity index (χ3n) is 5.04. The van der Waals surface area contributed by atoms with Crippen LogP contribution in [0.3, 0.4) is 0 Å². The summed E-state index contributed by atoms with van der Waals surface area (Å²) in [5.74, 6) is 0.355. The molecule has 0 aliphatic heterocycles. The molecule has 0 atom stereocenters. The van der Waals surface area contributed by atoms with Crippen molar-refractivity contribution >= 4 is 23.1 Å². The van der Waals surface area contributed by atoms with Crippen LogP contribution in [0.4, 0.5) is 10.2 Å². The highest BCUT2D eigenvalue weighted by atomic mass is 32.1. The van der Waals surface area contributed by atoms with Crippen LogP contribution in [-0.2, 0) is 13.1 Å². The molecular formula is C23H23FN6S. The summed E-state index contributed by atoms with van der Waals surface area (Å²) in [6.07, 6.45) is 1.79. The molecule has 4 aromatic rings. The number of hydrogen-bond donors (Lipinski definition) is 2. The Labute approximate surface area is 185 Å². The zero-order valence-corrected chi connectivity index (χ0v) is 18.2. The molecule has 0 unspecified atom stereocenters. The number of benzene rings is 2. The third kappa shape index (κ3) is 4.80. The average molecular weight is 435 g/mol. The number of para-hydroxylation sites is 1. The van der Waals surface area contributed by atoms with Gasteiger partial charge in [0.2, 0.25) is 0 Å². The molecule has 0 fully saturated rings. The molecule has 0 amide bonds. The van der Waals surface area contributed by atoms with Crippen molar-refractivity contribution in [1.29, 1.82) is 0 Å². The first-order valence-electron chi connectivity index (χ1n) is 9.93. The van der Waals surface area contributed by atoms with Gasteiger partial charge in [-0.25, -0.2) is 9.07 Å². The zero-order valence-electron chi connectivity index (χ0n) is 17.3. The summed E-state index contributed by atoms with van der Waals surface area (Å²) in [5.41, 5.74) is 4.71. The highest BCUT2D eigenvalue weighted by molar-refractivity contribution is 7.80. The number of halogens is 1. The van der Waals surface area contributed by atoms with Crippen LogP contribution < -0.4 is 10.6 Å². The minimum Gasteiger partial charge on any atom is -0.358 e. The number of nitrogens with zero attached hydrogens (tertiary/aromatic N) is 4. The van der Waals surface area contributed by atoms with Crippen molar-refractivity contribution in [3.63, 3.8) is 0 Å². The van der Waals surface area contributed by atoms with Gasteiger partial charge in [0, 0.05) is 35.6 Å². The fraction of sp³-hybridized carbons (Fsp3) is 0.174. The summed E-state index contributed by atoms with van der Waals surface area (Å²) in [6, 6.07) is 18.5. The molecule has 0 spiro atoms. The van der Waals surface area contributed by atoms with Crippen LogP contribution in [0, 0.1) is 19.7 Å². The molecular weight excluding hydrogens is 411 g/mol. The molecule has 2 N–H and O–H groups in total. The predicted molar refractivity (Wildman–Crippen MR) is 124 cm³/mol. The molecule has 0 bridgehead atoms. The van der Waals surface area contributed by atoms with E-state index in [2.05, 4.69) is 20.8 Å². The SMILES string of the molecule is Cc1nn(-c2ccccc2)c(C)c1CNC(=S)Nc1ccn(Cc2ccccc2F)n1. The van der Waals surface area contributed by atoms with Crippen molar-refractivity contribution in [1.82, 2.24) is 24.9 Å². The van der Waals surface area contributed by atoms with Crippen molar-refractivity contribution in [2.24, 2.45) is 0 Å². The van der Waals surface area contributed by atoms with E-state index in [4.69, 9.17) is 12.2 Å². The Hall–Kier alpha value is -3.52. The van der Waals surface area contributed by atoms with Gasteiger partial charge in [-0.05, 0) is 44.3 Å². The van der Waals surface area contributed by atoms with Crippen LogP contribution in [-0.4, -0.2) is 24.7 Å². The molecule has 158 valence electrons. The maximum atomic E-state index is 13.8. The molecule has 31 heavy (non-hydrogen) atoms. The van der Waals surface area contributed by atoms with Gasteiger partial charge in [0.25, 0.3) is 0 Å². The number of aryl methyl sites for hydroxylation is 1. The van der Waals surface area contributed by atoms with Crippen LogP contribution in [0.2, 0.25) is 0 Å². The van der Waals surface area contributed by atoms with E-state index in [0.29, 0.717) is 29.6 Å². The highest BCUT2D eigenvalue weighted by Gasteiger charge is 2.13. The molecule has 2 aromatic heterocycles. The normalized spacial score (nSPS) is 10.8. The van der Waals surface area contributed by atoms with Crippen LogP contribution in [0.5, 0.6) is 0 Å². The second kappa shape index (κ2) is 9.09. The van der Waals surface area contributed by atoms with Crippen molar-refractivity contribution < 1.29 is 4.39 Å². The number of nitrogens with one attached hydrogen (secondary N) is 2. The Morgan fingerprint density at radius 3 is 2.52 bits per heavy atom. The Morgan fingerprint density at radius 1 is 1.00 bits per heavy atom. The topological polar surface area (TPSA) is 59.7 Å². The van der Waals surface area contributed by atoms with Gasteiger partial charge in [0.1, 0.15) is 5.82 Å². The van der Waals surface area contributed by atoms with E-state index in [1.165, 1.54) is 6.07 Å². The second-order valence-electron chi connectivity index (χ2n) is 7.19. The van der Waals surface area contributed by atoms with Crippen molar-refractivity contribution in [3.05, 3.63) is 95.2 Å². The summed E-state index contributed by atoms with van der Waals surface area (Å²) < 4.78 is 17.4. The maximum Gasteiger partial charge on any atom is 0.172 e. The van der Waals surface area contributed by atoms with Gasteiger partial charge in [0.05, 0.1) is 17.9 Å². The van der Waals surface area contributed by atoms with Crippen molar-refractivity contribution in [3.8, 4) is 5.69 Å². The van der Waals surface area contributed by atoms with E-state index in [-0.39, 0.29) is 5.82 Å². The summed E-state index contributed by atoms with van der Waals surface area (Å²) in [6.45, 7) is 4.94. The van der Waals surface area contributed by atoms with Crippen LogP contribution in [0.15, 0.2) is 66.9 Å². The van der Waals surface area contributed by atoms with Gasteiger partial charge < -0.3 is 10.6 Å². The van der Waals surface area contributed by atoms with Gasteiger partial charge in [-0.3, -0.25) is 4.68 Å². The van der Waals surface area contributed by atoms with Crippen LogP contribution >= 0.6 is 12.2 Å². The van der Waals surface area contributed by atoms with E-state index in [1.807, 2.05) is 54.9 Å². The first kappa shape index (κ1) is 20.7. The lowest BCUT2D eigenvalue weighted by atomic mass is 10.2. The minimum absolute atomic E-state index is 0.244. The Morgan fingerprint density at radius 2 is 1.74 bits per heavy atom. The van der Waals surface area contributed by atoms with E-state index >= 15 is 0 Å². The van der Waals surface area contributed by atoms with E-state index in [0.717, 1.165) is 22.6 Å². The first-order valence-corrected chi connectivity index (χ1v) is 10.3. The van der Waals surface area contributed by atoms with Crippen LogP contribution in [0.1, 0.15) is 22.5 Å². The Kier molecular flexibility index (Phi) is 6.08. The standard InChI is InChI=1S/C23H23FN6S/c1-16-20(17(2)30(27-16)19-9-4-3-5-10-19)14-25-23(31)26-22-12-13-29(28-22)15-18-8-6-7-11-21(18)24/h3-13H,14-15H2,1-2H3,(H2,25,26,28,31). The molecule has 0 saturated carbocycles. The van der Waals surface area contributed by atoms with Gasteiger partial charge in [0.15, 0.2) is 10.9 Å². The number of hydrogen-bond acceptors (Lipinski definition) is 3. The van der Waals surface area contributed by atoms with Crippen LogP contribution in [0.25, 0.3) is 5.69 Å². The number of thiocarbonyl (C=S) groups is 1. The fourth-order valence-electron chi connectivity index (χ4n) is 3.40. The monoisotopic (exact) mass is 434 g/mol. The average Bonchev–Trinajstić information content (AvgIpc) is 3.32. The predicted octanol–water partition coefficient (Wildman–Crippen LogP) is 4.36. The van der Waals surface area contributed by atoms with Crippen molar-refractivity contribution in [2.45, 2.75) is 26.9 Å². The van der Waals surface area contributed by atoms with E-state index in [1.54, 1.807) is 29.1 Å². The second-order valence-corrected chi connectivity index (χ2v) is 7.60. The molecule has 6 nitrogen and oxygen atoms in total. The molecule has 8 heteroatoms. The number of rotatable bonds is 6. The minimum atomic E-state index is -0.244. The Balaban J connectivity index is 1.37. The van der Waals surface area contributed by atoms with E-state index in [9.17, 15) is 4.39 Å². The molecule has 2 heterocycles. The number of anilines is 1. The molecule has 2 aromatic carbocycles. The summed E-state index contributed by atoms with van der Waals surface area (Å²) >= 11 is 5.42. The first-order chi connectivity index (χ1) is 15.0. The van der Waals surface area contributed by atoms with Gasteiger partial charge in [-0.15, -0.1) is 0 Å². The molecule has 0 saturated heterocycles. The third-order valence-corrected chi connectivity index (χ3v) is 5.29. The number of aromatic nitrogens is 4. The lowest BCUT2D eigenvalue weighted by molar-refractivity contribution is 0.586. The van der Waals surface area contributed by atoms with Crippen molar-refractivity contribution in [2.75, 3.05) is 5.32 Å². The quantitative estimate of drug-likeness (QED) is 0.442. The zero-order chi connectivity index (χ0) is 21.8.